The number of rotatable bonds is 6. The predicted octanol–water partition coefficient (Wildman–Crippen LogP) is 4.44. The summed E-state index contributed by atoms with van der Waals surface area (Å²) in [6.45, 7) is 4.29. The minimum Gasteiger partial charge on any atom is -0.454 e. The molecule has 2 aromatic rings. The highest BCUT2D eigenvalue weighted by Gasteiger charge is 2.36. The van der Waals surface area contributed by atoms with Crippen LogP contribution in [0.4, 0.5) is 0 Å². The third kappa shape index (κ3) is 4.73. The van der Waals surface area contributed by atoms with Gasteiger partial charge in [0.2, 0.25) is 12.7 Å². The van der Waals surface area contributed by atoms with Crippen LogP contribution in [0.5, 0.6) is 11.5 Å². The summed E-state index contributed by atoms with van der Waals surface area (Å²) in [6, 6.07) is 12.2. The van der Waals surface area contributed by atoms with Crippen LogP contribution >= 0.6 is 27.7 Å². The van der Waals surface area contributed by atoms with Gasteiger partial charge in [-0.15, -0.1) is 11.8 Å². The van der Waals surface area contributed by atoms with Crippen LogP contribution in [0.15, 0.2) is 45.8 Å². The number of fused-ring (bicyclic) bond motifs is 1. The number of nitrogens with one attached hydrogen (secondary N) is 1. The Morgan fingerprint density at radius 2 is 1.93 bits per heavy atom. The maximum absolute atomic E-state index is 12.6. The van der Waals surface area contributed by atoms with E-state index in [9.17, 15) is 4.79 Å². The van der Waals surface area contributed by atoms with Crippen molar-refractivity contribution in [3.63, 3.8) is 0 Å². The van der Waals surface area contributed by atoms with Gasteiger partial charge in [-0.3, -0.25) is 4.79 Å². The van der Waals surface area contributed by atoms with E-state index in [1.165, 1.54) is 11.1 Å². The van der Waals surface area contributed by atoms with Gasteiger partial charge in [-0.1, -0.05) is 22.0 Å². The van der Waals surface area contributed by atoms with Crippen molar-refractivity contribution in [1.82, 2.24) is 5.32 Å². The van der Waals surface area contributed by atoms with Gasteiger partial charge in [0.25, 0.3) is 0 Å². The summed E-state index contributed by atoms with van der Waals surface area (Å²) in [5.74, 6) is 2.00. The highest BCUT2D eigenvalue weighted by Crippen LogP contribution is 2.40. The van der Waals surface area contributed by atoms with E-state index >= 15 is 0 Å². The average Bonchev–Trinajstić information content (AvgIpc) is 3.20. The number of hydrogen-bond donors (Lipinski definition) is 1. The summed E-state index contributed by atoms with van der Waals surface area (Å²) in [5.41, 5.74) is 2.19. The van der Waals surface area contributed by atoms with Crippen molar-refractivity contribution in [1.29, 1.82) is 0 Å². The van der Waals surface area contributed by atoms with Crippen LogP contribution < -0.4 is 14.8 Å². The SMILES string of the molecule is Cc1cc(Br)ccc1SCC(=O)NCC1(c2ccc3c(c2)OCO3)CCOCC1. The summed E-state index contributed by atoms with van der Waals surface area (Å²) in [4.78, 5) is 13.7. The van der Waals surface area contributed by atoms with Gasteiger partial charge in [0.1, 0.15) is 0 Å². The largest absolute Gasteiger partial charge is 0.454 e. The fourth-order valence-electron chi connectivity index (χ4n) is 3.79. The molecule has 29 heavy (non-hydrogen) atoms. The van der Waals surface area contributed by atoms with E-state index in [0.29, 0.717) is 25.5 Å². The van der Waals surface area contributed by atoms with Gasteiger partial charge >= 0.3 is 0 Å². The van der Waals surface area contributed by atoms with Crippen LogP contribution in [0.1, 0.15) is 24.0 Å². The van der Waals surface area contributed by atoms with Gasteiger partial charge in [0.05, 0.1) is 5.75 Å². The molecule has 4 rings (SSSR count). The highest BCUT2D eigenvalue weighted by molar-refractivity contribution is 9.10. The quantitative estimate of drug-likeness (QED) is 0.623. The Hall–Kier alpha value is -1.70. The standard InChI is InChI=1S/C22H24BrNO4S/c1-15-10-17(23)3-5-20(15)29-12-21(25)24-13-22(6-8-26-9-7-22)16-2-4-18-19(11-16)28-14-27-18/h2-5,10-11H,6-9,12-14H2,1H3,(H,24,25). The molecule has 0 unspecified atom stereocenters. The molecule has 0 radical (unpaired) electrons. The molecule has 0 aliphatic carbocycles. The van der Waals surface area contributed by atoms with Crippen molar-refractivity contribution in [2.24, 2.45) is 0 Å². The van der Waals surface area contributed by atoms with E-state index in [-0.39, 0.29) is 18.1 Å². The topological polar surface area (TPSA) is 56.8 Å². The zero-order chi connectivity index (χ0) is 20.3. The molecular weight excluding hydrogens is 454 g/mol. The molecule has 2 aliphatic rings. The van der Waals surface area contributed by atoms with Crippen LogP contribution in [0.3, 0.4) is 0 Å². The van der Waals surface area contributed by atoms with E-state index in [4.69, 9.17) is 14.2 Å². The Labute approximate surface area is 183 Å². The minimum absolute atomic E-state index is 0.0453. The summed E-state index contributed by atoms with van der Waals surface area (Å²) >= 11 is 5.04. The van der Waals surface area contributed by atoms with Gasteiger partial charge in [-0.05, 0) is 61.2 Å². The van der Waals surface area contributed by atoms with Gasteiger partial charge in [0, 0.05) is 34.5 Å². The molecule has 7 heteroatoms. The third-order valence-corrected chi connectivity index (χ3v) is 7.22. The van der Waals surface area contributed by atoms with Crippen LogP contribution in [0, 0.1) is 6.92 Å². The number of aryl methyl sites for hydroxylation is 1. The number of benzene rings is 2. The van der Waals surface area contributed by atoms with E-state index in [0.717, 1.165) is 33.7 Å². The lowest BCUT2D eigenvalue weighted by Crippen LogP contribution is -2.45. The maximum atomic E-state index is 12.6. The summed E-state index contributed by atoms with van der Waals surface area (Å²) in [7, 11) is 0. The lowest BCUT2D eigenvalue weighted by molar-refractivity contribution is -0.119. The number of hydrogen-bond acceptors (Lipinski definition) is 5. The first-order valence-corrected chi connectivity index (χ1v) is 11.5. The zero-order valence-electron chi connectivity index (χ0n) is 16.3. The molecule has 0 spiro atoms. The van der Waals surface area contributed by atoms with Crippen LogP contribution in [-0.2, 0) is 14.9 Å². The monoisotopic (exact) mass is 477 g/mol. The van der Waals surface area contributed by atoms with Crippen LogP contribution in [-0.4, -0.2) is 38.2 Å². The first-order valence-electron chi connectivity index (χ1n) is 9.69. The van der Waals surface area contributed by atoms with E-state index in [1.54, 1.807) is 11.8 Å². The van der Waals surface area contributed by atoms with Crippen LogP contribution in [0.25, 0.3) is 0 Å². The number of carbonyl (C=O) groups is 1. The molecule has 1 N–H and O–H groups in total. The average molecular weight is 478 g/mol. The second-order valence-corrected chi connectivity index (χ2v) is 9.37. The zero-order valence-corrected chi connectivity index (χ0v) is 18.7. The summed E-state index contributed by atoms with van der Waals surface area (Å²) in [5, 5.41) is 3.16. The normalized spacial score (nSPS) is 17.2. The van der Waals surface area contributed by atoms with Gasteiger partial charge in [-0.2, -0.15) is 0 Å². The molecule has 1 fully saturated rings. The maximum Gasteiger partial charge on any atom is 0.231 e. The second-order valence-electron chi connectivity index (χ2n) is 7.44. The Bertz CT molecular complexity index is 898. The predicted molar refractivity (Wildman–Crippen MR) is 117 cm³/mol. The molecule has 5 nitrogen and oxygen atoms in total. The van der Waals surface area contributed by atoms with Crippen molar-refractivity contribution < 1.29 is 19.0 Å². The summed E-state index contributed by atoms with van der Waals surface area (Å²) < 4.78 is 17.6. The van der Waals surface area contributed by atoms with Crippen molar-refractivity contribution in [3.05, 3.63) is 52.0 Å². The molecule has 0 aromatic heterocycles. The molecule has 1 amide bonds. The van der Waals surface area contributed by atoms with E-state index in [2.05, 4.69) is 46.4 Å². The van der Waals surface area contributed by atoms with E-state index in [1.807, 2.05) is 18.2 Å². The van der Waals surface area contributed by atoms with Crippen molar-refractivity contribution >= 4 is 33.6 Å². The smallest absolute Gasteiger partial charge is 0.231 e. The van der Waals surface area contributed by atoms with Gasteiger partial charge < -0.3 is 19.5 Å². The molecule has 1 saturated heterocycles. The fraction of sp³-hybridized carbons (Fsp3) is 0.409. The lowest BCUT2D eigenvalue weighted by Gasteiger charge is -2.38. The number of carbonyl (C=O) groups excluding carboxylic acids is 1. The first kappa shape index (κ1) is 20.6. The molecule has 2 aliphatic heterocycles. The lowest BCUT2D eigenvalue weighted by atomic mass is 9.74. The van der Waals surface area contributed by atoms with Crippen molar-refractivity contribution in [2.45, 2.75) is 30.1 Å². The number of amides is 1. The number of thioether (sulfide) groups is 1. The molecule has 2 heterocycles. The third-order valence-electron chi connectivity index (χ3n) is 5.55. The summed E-state index contributed by atoms with van der Waals surface area (Å²) in [6.07, 6.45) is 1.73. The minimum atomic E-state index is -0.146. The Morgan fingerprint density at radius 3 is 2.72 bits per heavy atom. The molecule has 0 saturated carbocycles. The van der Waals surface area contributed by atoms with Crippen molar-refractivity contribution in [2.75, 3.05) is 32.3 Å². The molecular formula is C22H24BrNO4S. The van der Waals surface area contributed by atoms with Gasteiger partial charge in [0.15, 0.2) is 11.5 Å². The van der Waals surface area contributed by atoms with Crippen molar-refractivity contribution in [3.8, 4) is 11.5 Å². The Morgan fingerprint density at radius 1 is 1.14 bits per heavy atom. The highest BCUT2D eigenvalue weighted by atomic mass is 79.9. The molecule has 2 aromatic carbocycles. The number of halogens is 1. The number of ether oxygens (including phenoxy) is 3. The Balaban J connectivity index is 1.41. The Kier molecular flexibility index (Phi) is 6.37. The van der Waals surface area contributed by atoms with Crippen LogP contribution in [0.2, 0.25) is 0 Å². The van der Waals surface area contributed by atoms with E-state index < -0.39 is 0 Å². The van der Waals surface area contributed by atoms with Gasteiger partial charge in [-0.25, -0.2) is 0 Å². The molecule has 0 bridgehead atoms. The second kappa shape index (κ2) is 8.98. The first-order chi connectivity index (χ1) is 14.1. The molecule has 154 valence electrons. The molecule has 0 atom stereocenters. The fourth-order valence-corrected chi connectivity index (χ4v) is 5.11.